The van der Waals surface area contributed by atoms with Gasteiger partial charge in [-0.05, 0) is 36.1 Å². The molecule has 0 aromatic heterocycles. The van der Waals surface area contributed by atoms with E-state index in [-0.39, 0.29) is 12.6 Å². The Bertz CT molecular complexity index is 792. The molecule has 1 unspecified atom stereocenters. The van der Waals surface area contributed by atoms with Crippen LogP contribution in [0.15, 0.2) is 47.4 Å². The smallest absolute Gasteiger partial charge is 0.407 e. The molecule has 1 amide bonds. The average Bonchev–Trinajstić information content (AvgIpc) is 2.61. The summed E-state index contributed by atoms with van der Waals surface area (Å²) in [6.45, 7) is 1.99. The van der Waals surface area contributed by atoms with Crippen molar-refractivity contribution in [1.82, 2.24) is 5.32 Å². The lowest BCUT2D eigenvalue weighted by atomic mass is 9.98. The molecule has 3 rings (SSSR count). The van der Waals surface area contributed by atoms with E-state index >= 15 is 0 Å². The van der Waals surface area contributed by atoms with E-state index in [1.54, 1.807) is 24.8 Å². The zero-order chi connectivity index (χ0) is 17.8. The number of hydrogen-bond donors (Lipinski definition) is 2. The fourth-order valence-electron chi connectivity index (χ4n) is 2.84. The summed E-state index contributed by atoms with van der Waals surface area (Å²) in [5.74, 6) is -0.114. The molecular weight excluding hydrogens is 338 g/mol. The van der Waals surface area contributed by atoms with Gasteiger partial charge in [-0.25, -0.2) is 9.59 Å². The molecule has 0 saturated carbocycles. The number of carbonyl (C=O) groups is 2. The van der Waals surface area contributed by atoms with Gasteiger partial charge in [-0.1, -0.05) is 36.4 Å². The first-order chi connectivity index (χ1) is 12.0. The number of aryl methyl sites for hydroxylation is 1. The van der Waals surface area contributed by atoms with Gasteiger partial charge in [0.1, 0.15) is 6.61 Å². The van der Waals surface area contributed by atoms with Gasteiger partial charge in [0.2, 0.25) is 0 Å². The SMILES string of the molecule is Cc1cc2c(cc1C(=O)O)SCCC2NC(=O)OCc1ccccc1. The van der Waals surface area contributed by atoms with Gasteiger partial charge in [0.15, 0.2) is 0 Å². The van der Waals surface area contributed by atoms with Gasteiger partial charge >= 0.3 is 12.1 Å². The normalized spacial score (nSPS) is 16.0. The third-order valence-electron chi connectivity index (χ3n) is 4.13. The lowest BCUT2D eigenvalue weighted by Crippen LogP contribution is -2.31. The molecule has 0 radical (unpaired) electrons. The van der Waals surface area contributed by atoms with E-state index in [2.05, 4.69) is 5.32 Å². The van der Waals surface area contributed by atoms with Crippen molar-refractivity contribution in [3.05, 3.63) is 64.7 Å². The van der Waals surface area contributed by atoms with E-state index in [0.29, 0.717) is 11.1 Å². The summed E-state index contributed by atoms with van der Waals surface area (Å²) in [6, 6.07) is 12.9. The van der Waals surface area contributed by atoms with Crippen LogP contribution in [0.2, 0.25) is 0 Å². The van der Waals surface area contributed by atoms with Crippen LogP contribution in [-0.4, -0.2) is 22.9 Å². The maximum absolute atomic E-state index is 12.1. The van der Waals surface area contributed by atoms with Crippen molar-refractivity contribution in [2.24, 2.45) is 0 Å². The van der Waals surface area contributed by atoms with Gasteiger partial charge in [-0.15, -0.1) is 11.8 Å². The molecular formula is C19H19NO4S. The molecule has 130 valence electrons. The predicted octanol–water partition coefficient (Wildman–Crippen LogP) is 4.16. The van der Waals surface area contributed by atoms with E-state index in [1.807, 2.05) is 36.4 Å². The van der Waals surface area contributed by atoms with Gasteiger partial charge in [0, 0.05) is 10.6 Å². The maximum Gasteiger partial charge on any atom is 0.407 e. The van der Waals surface area contributed by atoms with Crippen LogP contribution in [0.3, 0.4) is 0 Å². The highest BCUT2D eigenvalue weighted by Gasteiger charge is 2.25. The van der Waals surface area contributed by atoms with Gasteiger partial charge in [-0.2, -0.15) is 0 Å². The van der Waals surface area contributed by atoms with E-state index in [0.717, 1.165) is 28.2 Å². The summed E-state index contributed by atoms with van der Waals surface area (Å²) < 4.78 is 5.29. The third-order valence-corrected chi connectivity index (χ3v) is 5.24. The number of alkyl carbamates (subject to hydrolysis) is 1. The molecule has 2 N–H and O–H groups in total. The number of nitrogens with one attached hydrogen (secondary N) is 1. The second kappa shape index (κ2) is 7.61. The molecule has 0 spiro atoms. The van der Waals surface area contributed by atoms with Gasteiger partial charge < -0.3 is 15.2 Å². The summed E-state index contributed by atoms with van der Waals surface area (Å²) in [6.07, 6.45) is 0.316. The summed E-state index contributed by atoms with van der Waals surface area (Å²) in [7, 11) is 0. The Morgan fingerprint density at radius 2 is 2.04 bits per heavy atom. The molecule has 2 aromatic carbocycles. The number of benzene rings is 2. The van der Waals surface area contributed by atoms with Crippen LogP contribution in [-0.2, 0) is 11.3 Å². The number of amides is 1. The fourth-order valence-corrected chi connectivity index (χ4v) is 3.98. The summed E-state index contributed by atoms with van der Waals surface area (Å²) >= 11 is 1.61. The highest BCUT2D eigenvalue weighted by atomic mass is 32.2. The molecule has 2 aromatic rings. The molecule has 0 fully saturated rings. The maximum atomic E-state index is 12.1. The van der Waals surface area contributed by atoms with Crippen molar-refractivity contribution >= 4 is 23.8 Å². The second-order valence-electron chi connectivity index (χ2n) is 5.91. The van der Waals surface area contributed by atoms with Crippen LogP contribution in [0.4, 0.5) is 4.79 Å². The lowest BCUT2D eigenvalue weighted by Gasteiger charge is -2.26. The molecule has 0 saturated heterocycles. The van der Waals surface area contributed by atoms with Crippen molar-refractivity contribution in [2.45, 2.75) is 30.9 Å². The Balaban J connectivity index is 1.69. The highest BCUT2D eigenvalue weighted by molar-refractivity contribution is 7.99. The average molecular weight is 357 g/mol. The van der Waals surface area contributed by atoms with E-state index in [4.69, 9.17) is 4.74 Å². The van der Waals surface area contributed by atoms with Crippen LogP contribution in [0, 0.1) is 6.92 Å². The third kappa shape index (κ3) is 4.14. The van der Waals surface area contributed by atoms with Gasteiger partial charge in [0.05, 0.1) is 11.6 Å². The minimum absolute atomic E-state index is 0.166. The number of thioether (sulfide) groups is 1. The molecule has 25 heavy (non-hydrogen) atoms. The van der Waals surface area contributed by atoms with Crippen LogP contribution < -0.4 is 5.32 Å². The number of rotatable bonds is 4. The molecule has 1 aliphatic rings. The summed E-state index contributed by atoms with van der Waals surface area (Å²) in [5, 5.41) is 12.2. The predicted molar refractivity (Wildman–Crippen MR) is 96.0 cm³/mol. The number of ether oxygens (including phenoxy) is 1. The van der Waals surface area contributed by atoms with Crippen molar-refractivity contribution in [2.75, 3.05) is 5.75 Å². The quantitative estimate of drug-likeness (QED) is 0.859. The molecule has 5 nitrogen and oxygen atoms in total. The van der Waals surface area contributed by atoms with Crippen molar-refractivity contribution in [3.8, 4) is 0 Å². The molecule has 1 atom stereocenters. The van der Waals surface area contributed by atoms with E-state index < -0.39 is 12.1 Å². The number of carboxylic acids is 1. The lowest BCUT2D eigenvalue weighted by molar-refractivity contribution is 0.0695. The first kappa shape index (κ1) is 17.4. The summed E-state index contributed by atoms with van der Waals surface area (Å²) in [5.41, 5.74) is 2.88. The van der Waals surface area contributed by atoms with Crippen molar-refractivity contribution in [1.29, 1.82) is 0 Å². The van der Waals surface area contributed by atoms with Crippen LogP contribution >= 0.6 is 11.8 Å². The molecule has 0 bridgehead atoms. The monoisotopic (exact) mass is 357 g/mol. The largest absolute Gasteiger partial charge is 0.478 e. The number of hydrogen-bond acceptors (Lipinski definition) is 4. The number of carboxylic acid groups (broad SMARTS) is 1. The van der Waals surface area contributed by atoms with Crippen LogP contribution in [0.1, 0.15) is 39.5 Å². The Labute approximate surface area is 150 Å². The topological polar surface area (TPSA) is 75.6 Å². The number of fused-ring (bicyclic) bond motifs is 1. The Morgan fingerprint density at radius 3 is 2.76 bits per heavy atom. The molecule has 1 aliphatic heterocycles. The Kier molecular flexibility index (Phi) is 5.28. The summed E-state index contributed by atoms with van der Waals surface area (Å²) in [4.78, 5) is 24.3. The first-order valence-electron chi connectivity index (χ1n) is 8.02. The van der Waals surface area contributed by atoms with Crippen molar-refractivity contribution in [3.63, 3.8) is 0 Å². The minimum Gasteiger partial charge on any atom is -0.478 e. The number of carbonyl (C=O) groups excluding carboxylic acids is 1. The first-order valence-corrected chi connectivity index (χ1v) is 9.01. The minimum atomic E-state index is -0.932. The van der Waals surface area contributed by atoms with Crippen LogP contribution in [0.25, 0.3) is 0 Å². The second-order valence-corrected chi connectivity index (χ2v) is 7.04. The Hall–Kier alpha value is -2.47. The zero-order valence-electron chi connectivity index (χ0n) is 13.8. The number of aromatic carboxylic acids is 1. The standard InChI is InChI=1S/C19H19NO4S/c1-12-9-15-16(7-8-25-17(15)10-14(12)18(21)22)20-19(23)24-11-13-5-3-2-4-6-13/h2-6,9-10,16H,7-8,11H2,1H3,(H,20,23)(H,21,22). The highest BCUT2D eigenvalue weighted by Crippen LogP contribution is 2.37. The fraction of sp³-hybridized carbons (Fsp3) is 0.263. The molecule has 1 heterocycles. The molecule has 6 heteroatoms. The van der Waals surface area contributed by atoms with Gasteiger partial charge in [0.25, 0.3) is 0 Å². The Morgan fingerprint density at radius 1 is 1.28 bits per heavy atom. The van der Waals surface area contributed by atoms with Crippen LogP contribution in [0.5, 0.6) is 0 Å². The molecule has 0 aliphatic carbocycles. The van der Waals surface area contributed by atoms with E-state index in [9.17, 15) is 14.7 Å². The van der Waals surface area contributed by atoms with E-state index in [1.165, 1.54) is 0 Å². The van der Waals surface area contributed by atoms with Gasteiger partial charge in [-0.3, -0.25) is 0 Å². The van der Waals surface area contributed by atoms with Crippen molar-refractivity contribution < 1.29 is 19.4 Å². The zero-order valence-corrected chi connectivity index (χ0v) is 14.6.